The van der Waals surface area contributed by atoms with Gasteiger partial charge < -0.3 is 10.2 Å². The van der Waals surface area contributed by atoms with Gasteiger partial charge in [-0.15, -0.1) is 0 Å². The summed E-state index contributed by atoms with van der Waals surface area (Å²) in [5.41, 5.74) is 3.19. The maximum absolute atomic E-state index is 12.6. The maximum atomic E-state index is 12.6. The van der Waals surface area contributed by atoms with Crippen LogP contribution in [0.2, 0.25) is 0 Å². The summed E-state index contributed by atoms with van der Waals surface area (Å²) in [6.07, 6.45) is 0. The molecule has 0 aliphatic carbocycles. The fourth-order valence-corrected chi connectivity index (χ4v) is 6.48. The van der Waals surface area contributed by atoms with Gasteiger partial charge in [0.05, 0.1) is 15.1 Å². The number of carbonyl (C=O) groups excluding carboxylic acids is 1. The van der Waals surface area contributed by atoms with Crippen LogP contribution in [0.15, 0.2) is 77.7 Å². The van der Waals surface area contributed by atoms with Gasteiger partial charge in [0.15, 0.2) is 5.13 Å². The summed E-state index contributed by atoms with van der Waals surface area (Å²) in [6, 6.07) is 20.9. The molecule has 1 amide bonds. The van der Waals surface area contributed by atoms with Crippen molar-refractivity contribution in [3.63, 3.8) is 0 Å². The van der Waals surface area contributed by atoms with E-state index in [1.54, 1.807) is 53.8 Å². The van der Waals surface area contributed by atoms with Crippen molar-refractivity contribution in [3.05, 3.63) is 83.9 Å². The number of aryl methyl sites for hydroxylation is 1. The van der Waals surface area contributed by atoms with Crippen LogP contribution >= 0.6 is 11.3 Å². The standard InChI is InChI=1S/C27H29N5O3S2/c1-20-6-5-9-24-25(20)29-27(36-24)32-18-16-31(17-19-32)15-14-28-26(33)21-10-12-22(13-11-21)30-37(34,35)23-7-3-2-4-8-23/h2-13,30H,14-19H2,1H3,(H,28,33). The van der Waals surface area contributed by atoms with Gasteiger partial charge >= 0.3 is 0 Å². The number of fused-ring (bicyclic) bond motifs is 1. The summed E-state index contributed by atoms with van der Waals surface area (Å²) in [7, 11) is -3.67. The van der Waals surface area contributed by atoms with Crippen LogP contribution in [0, 0.1) is 6.92 Å². The van der Waals surface area contributed by atoms with E-state index >= 15 is 0 Å². The first-order chi connectivity index (χ1) is 17.9. The van der Waals surface area contributed by atoms with Crippen LogP contribution in [0.1, 0.15) is 15.9 Å². The predicted molar refractivity (Wildman–Crippen MR) is 149 cm³/mol. The van der Waals surface area contributed by atoms with Gasteiger partial charge in [0.2, 0.25) is 0 Å². The van der Waals surface area contributed by atoms with Crippen molar-refractivity contribution in [1.82, 2.24) is 15.2 Å². The molecule has 0 bridgehead atoms. The number of amides is 1. The van der Waals surface area contributed by atoms with E-state index in [1.165, 1.54) is 22.4 Å². The minimum Gasteiger partial charge on any atom is -0.351 e. The number of aromatic nitrogens is 1. The van der Waals surface area contributed by atoms with Crippen LogP contribution in [-0.4, -0.2) is 63.5 Å². The van der Waals surface area contributed by atoms with Crippen molar-refractivity contribution in [3.8, 4) is 0 Å². The van der Waals surface area contributed by atoms with Crippen molar-refractivity contribution in [2.45, 2.75) is 11.8 Å². The van der Waals surface area contributed by atoms with Gasteiger partial charge in [-0.05, 0) is 55.0 Å². The van der Waals surface area contributed by atoms with E-state index in [-0.39, 0.29) is 10.8 Å². The first kappa shape index (κ1) is 25.2. The first-order valence-electron chi connectivity index (χ1n) is 12.2. The number of para-hydroxylation sites is 1. The van der Waals surface area contributed by atoms with Crippen molar-refractivity contribution in [2.24, 2.45) is 0 Å². The van der Waals surface area contributed by atoms with Crippen LogP contribution in [0.3, 0.4) is 0 Å². The minimum atomic E-state index is -3.67. The molecule has 192 valence electrons. The molecule has 0 radical (unpaired) electrons. The van der Waals surface area contributed by atoms with Gasteiger partial charge in [0.25, 0.3) is 15.9 Å². The molecule has 2 heterocycles. The topological polar surface area (TPSA) is 94.6 Å². The summed E-state index contributed by atoms with van der Waals surface area (Å²) in [6.45, 7) is 7.07. The smallest absolute Gasteiger partial charge is 0.261 e. The number of sulfonamides is 1. The molecule has 2 N–H and O–H groups in total. The number of thiazole rings is 1. The zero-order valence-corrected chi connectivity index (χ0v) is 22.2. The summed E-state index contributed by atoms with van der Waals surface area (Å²) < 4.78 is 28.7. The Hall–Kier alpha value is -3.47. The third-order valence-electron chi connectivity index (χ3n) is 6.42. The van der Waals surface area contributed by atoms with Crippen LogP contribution < -0.4 is 14.9 Å². The van der Waals surface area contributed by atoms with Crippen LogP contribution in [-0.2, 0) is 10.0 Å². The van der Waals surface area contributed by atoms with Gasteiger partial charge in [0, 0.05) is 50.5 Å². The molecular formula is C27H29N5O3S2. The number of carbonyl (C=O) groups is 1. The molecule has 0 saturated carbocycles. The Morgan fingerprint density at radius 1 is 0.946 bits per heavy atom. The number of hydrogen-bond acceptors (Lipinski definition) is 7. The van der Waals surface area contributed by atoms with Gasteiger partial charge in [-0.25, -0.2) is 13.4 Å². The van der Waals surface area contributed by atoms with E-state index in [4.69, 9.17) is 4.98 Å². The number of piperazine rings is 1. The monoisotopic (exact) mass is 535 g/mol. The quantitative estimate of drug-likeness (QED) is 0.355. The fourth-order valence-electron chi connectivity index (χ4n) is 4.31. The van der Waals surface area contributed by atoms with Gasteiger partial charge in [0.1, 0.15) is 0 Å². The molecule has 0 spiro atoms. The Balaban J connectivity index is 1.07. The van der Waals surface area contributed by atoms with Gasteiger partial charge in [-0.1, -0.05) is 41.7 Å². The highest BCUT2D eigenvalue weighted by Crippen LogP contribution is 2.31. The minimum absolute atomic E-state index is 0.180. The molecule has 1 aliphatic heterocycles. The third-order valence-corrected chi connectivity index (χ3v) is 8.90. The lowest BCUT2D eigenvalue weighted by Gasteiger charge is -2.34. The Morgan fingerprint density at radius 3 is 2.38 bits per heavy atom. The maximum Gasteiger partial charge on any atom is 0.261 e. The van der Waals surface area contributed by atoms with Crippen molar-refractivity contribution in [2.75, 3.05) is 48.9 Å². The average Bonchev–Trinajstić information content (AvgIpc) is 3.36. The highest BCUT2D eigenvalue weighted by atomic mass is 32.2. The molecule has 1 aliphatic rings. The summed E-state index contributed by atoms with van der Waals surface area (Å²) in [5.74, 6) is -0.180. The molecule has 10 heteroatoms. The number of hydrogen-bond donors (Lipinski definition) is 2. The first-order valence-corrected chi connectivity index (χ1v) is 14.5. The Labute approximate surface area is 221 Å². The molecule has 5 rings (SSSR count). The third kappa shape index (κ3) is 5.93. The zero-order valence-electron chi connectivity index (χ0n) is 20.6. The Kier molecular flexibility index (Phi) is 7.40. The number of anilines is 2. The second kappa shape index (κ2) is 10.9. The molecule has 1 aromatic heterocycles. The molecule has 0 atom stereocenters. The molecule has 37 heavy (non-hydrogen) atoms. The Bertz CT molecular complexity index is 1480. The second-order valence-corrected chi connectivity index (χ2v) is 11.7. The lowest BCUT2D eigenvalue weighted by molar-refractivity contribution is 0.0948. The molecule has 3 aromatic carbocycles. The number of nitrogens with zero attached hydrogens (tertiary/aromatic N) is 3. The molecule has 1 saturated heterocycles. The van der Waals surface area contributed by atoms with Gasteiger partial charge in [-0.3, -0.25) is 14.4 Å². The lowest BCUT2D eigenvalue weighted by Crippen LogP contribution is -2.48. The van der Waals surface area contributed by atoms with E-state index < -0.39 is 10.0 Å². The normalized spacial score (nSPS) is 14.6. The zero-order chi connectivity index (χ0) is 25.8. The highest BCUT2D eigenvalue weighted by molar-refractivity contribution is 7.92. The molecule has 8 nitrogen and oxygen atoms in total. The fraction of sp³-hybridized carbons (Fsp3) is 0.259. The number of benzene rings is 3. The molecular weight excluding hydrogens is 506 g/mol. The largest absolute Gasteiger partial charge is 0.351 e. The molecule has 1 fully saturated rings. The Morgan fingerprint density at radius 2 is 1.68 bits per heavy atom. The second-order valence-electron chi connectivity index (χ2n) is 9.00. The number of rotatable bonds is 8. The summed E-state index contributed by atoms with van der Waals surface area (Å²) >= 11 is 1.74. The van der Waals surface area contributed by atoms with Crippen LogP contribution in [0.5, 0.6) is 0 Å². The molecule has 0 unspecified atom stereocenters. The van der Waals surface area contributed by atoms with Crippen molar-refractivity contribution >= 4 is 48.3 Å². The highest BCUT2D eigenvalue weighted by Gasteiger charge is 2.20. The van der Waals surface area contributed by atoms with E-state index in [9.17, 15) is 13.2 Å². The lowest BCUT2D eigenvalue weighted by atomic mass is 10.2. The van der Waals surface area contributed by atoms with Crippen LogP contribution in [0.25, 0.3) is 10.2 Å². The number of nitrogens with one attached hydrogen (secondary N) is 2. The summed E-state index contributed by atoms with van der Waals surface area (Å²) in [5, 5.41) is 4.04. The predicted octanol–water partition coefficient (Wildman–Crippen LogP) is 3.96. The summed E-state index contributed by atoms with van der Waals surface area (Å²) in [4.78, 5) is 22.3. The van der Waals surface area contributed by atoms with E-state index in [2.05, 4.69) is 45.0 Å². The van der Waals surface area contributed by atoms with E-state index in [1.807, 2.05) is 0 Å². The SMILES string of the molecule is Cc1cccc2sc(N3CCN(CCNC(=O)c4ccc(NS(=O)(=O)c5ccccc5)cc4)CC3)nc12. The average molecular weight is 536 g/mol. The van der Waals surface area contributed by atoms with Gasteiger partial charge in [-0.2, -0.15) is 0 Å². The molecule has 4 aromatic rings. The van der Waals surface area contributed by atoms with E-state index in [0.717, 1.165) is 43.4 Å². The van der Waals surface area contributed by atoms with Crippen LogP contribution in [0.4, 0.5) is 10.8 Å². The van der Waals surface area contributed by atoms with Crippen molar-refractivity contribution < 1.29 is 13.2 Å². The van der Waals surface area contributed by atoms with Crippen molar-refractivity contribution in [1.29, 1.82) is 0 Å². The van der Waals surface area contributed by atoms with E-state index in [0.29, 0.717) is 17.8 Å².